The molecular formula is C20H17Cl3N2O3. The first-order valence-corrected chi connectivity index (χ1v) is 9.41. The van der Waals surface area contributed by atoms with Crippen LogP contribution in [-0.4, -0.2) is 17.2 Å². The Kier molecular flexibility index (Phi) is 6.73. The molecule has 2 N–H and O–H groups in total. The molecule has 0 radical (unpaired) electrons. The minimum atomic E-state index is -0.132. The fourth-order valence-corrected chi connectivity index (χ4v) is 3.06. The minimum absolute atomic E-state index is 0.132. The number of methoxy groups -OCH3 is 1. The number of hydrogen-bond donors (Lipinski definition) is 2. The van der Waals surface area contributed by atoms with Crippen molar-refractivity contribution in [1.82, 2.24) is 4.98 Å². The van der Waals surface area contributed by atoms with Crippen molar-refractivity contribution < 1.29 is 14.6 Å². The lowest BCUT2D eigenvalue weighted by molar-refractivity contribution is 0.284. The van der Waals surface area contributed by atoms with Gasteiger partial charge in [-0.15, -0.1) is 0 Å². The predicted molar refractivity (Wildman–Crippen MR) is 112 cm³/mol. The van der Waals surface area contributed by atoms with Gasteiger partial charge in [0.15, 0.2) is 17.2 Å². The Balaban J connectivity index is 1.66. The van der Waals surface area contributed by atoms with Gasteiger partial charge >= 0.3 is 0 Å². The van der Waals surface area contributed by atoms with Crippen LogP contribution in [0.5, 0.6) is 17.2 Å². The number of anilines is 1. The summed E-state index contributed by atoms with van der Waals surface area (Å²) in [5.41, 5.74) is 2.57. The molecule has 1 heterocycles. The van der Waals surface area contributed by atoms with Gasteiger partial charge in [0, 0.05) is 24.0 Å². The largest absolute Gasteiger partial charge is 0.505 e. The van der Waals surface area contributed by atoms with Crippen LogP contribution in [0.25, 0.3) is 0 Å². The predicted octanol–water partition coefficient (Wildman–Crippen LogP) is 5.95. The second-order valence-electron chi connectivity index (χ2n) is 5.91. The number of aromatic nitrogens is 1. The number of halogens is 3. The summed E-state index contributed by atoms with van der Waals surface area (Å²) in [4.78, 5) is 4.03. The molecule has 0 saturated heterocycles. The lowest BCUT2D eigenvalue weighted by atomic mass is 10.2. The molecule has 0 aliphatic rings. The monoisotopic (exact) mass is 438 g/mol. The number of aromatic hydroxyl groups is 1. The van der Waals surface area contributed by atoms with Crippen LogP contribution in [0.2, 0.25) is 15.2 Å². The SMILES string of the molecule is COc1cc(CNc2cc(Cl)c(O)c(Cl)c2)ccc1OCc1ccc(Cl)nc1. The van der Waals surface area contributed by atoms with E-state index in [4.69, 9.17) is 44.3 Å². The molecular weight excluding hydrogens is 423 g/mol. The van der Waals surface area contributed by atoms with Crippen LogP contribution in [0, 0.1) is 0 Å². The standard InChI is InChI=1S/C20H17Cl3N2O3/c1-27-18-6-12(9-24-14-7-15(21)20(26)16(22)8-14)2-4-17(18)28-11-13-3-5-19(23)25-10-13/h2-8,10,24,26H,9,11H2,1H3. The molecule has 1 aromatic heterocycles. The second kappa shape index (κ2) is 9.24. The summed E-state index contributed by atoms with van der Waals surface area (Å²) in [7, 11) is 1.59. The van der Waals surface area contributed by atoms with Gasteiger partial charge in [0.25, 0.3) is 0 Å². The van der Waals surface area contributed by atoms with Gasteiger partial charge in [0.2, 0.25) is 0 Å². The zero-order chi connectivity index (χ0) is 20.1. The first-order chi connectivity index (χ1) is 13.5. The molecule has 3 rings (SSSR count). The van der Waals surface area contributed by atoms with E-state index in [0.29, 0.717) is 35.5 Å². The molecule has 0 unspecified atom stereocenters. The Bertz CT molecular complexity index is 942. The lowest BCUT2D eigenvalue weighted by Crippen LogP contribution is -2.02. The van der Waals surface area contributed by atoms with Crippen LogP contribution < -0.4 is 14.8 Å². The third kappa shape index (κ3) is 5.13. The van der Waals surface area contributed by atoms with Gasteiger partial charge in [-0.2, -0.15) is 0 Å². The molecule has 28 heavy (non-hydrogen) atoms. The number of nitrogens with one attached hydrogen (secondary N) is 1. The van der Waals surface area contributed by atoms with E-state index in [1.165, 1.54) is 0 Å². The summed E-state index contributed by atoms with van der Waals surface area (Å²) in [6.45, 7) is 0.859. The Hall–Kier alpha value is -2.34. The van der Waals surface area contributed by atoms with E-state index in [9.17, 15) is 5.11 Å². The van der Waals surface area contributed by atoms with Crippen LogP contribution in [0.15, 0.2) is 48.7 Å². The maximum absolute atomic E-state index is 9.63. The molecule has 0 aliphatic heterocycles. The van der Waals surface area contributed by atoms with Crippen molar-refractivity contribution in [3.05, 3.63) is 75.0 Å². The lowest BCUT2D eigenvalue weighted by Gasteiger charge is -2.13. The molecule has 146 valence electrons. The van der Waals surface area contributed by atoms with Gasteiger partial charge in [-0.25, -0.2) is 4.98 Å². The minimum Gasteiger partial charge on any atom is -0.505 e. The highest BCUT2D eigenvalue weighted by Crippen LogP contribution is 2.35. The number of rotatable bonds is 7. The highest BCUT2D eigenvalue weighted by atomic mass is 35.5. The van der Waals surface area contributed by atoms with E-state index < -0.39 is 0 Å². The van der Waals surface area contributed by atoms with E-state index in [1.54, 1.807) is 31.5 Å². The normalized spacial score (nSPS) is 10.6. The summed E-state index contributed by atoms with van der Waals surface area (Å²) in [5.74, 6) is 1.10. The highest BCUT2D eigenvalue weighted by molar-refractivity contribution is 6.37. The van der Waals surface area contributed by atoms with Gasteiger partial charge in [-0.3, -0.25) is 0 Å². The van der Waals surface area contributed by atoms with Crippen molar-refractivity contribution in [2.75, 3.05) is 12.4 Å². The summed E-state index contributed by atoms with van der Waals surface area (Å²) < 4.78 is 11.3. The number of phenolic OH excluding ortho intramolecular Hbond substituents is 1. The van der Waals surface area contributed by atoms with Crippen molar-refractivity contribution in [2.24, 2.45) is 0 Å². The Morgan fingerprint density at radius 3 is 2.32 bits per heavy atom. The zero-order valence-corrected chi connectivity index (χ0v) is 17.1. The fourth-order valence-electron chi connectivity index (χ4n) is 2.47. The third-order valence-corrected chi connectivity index (χ3v) is 4.72. The maximum Gasteiger partial charge on any atom is 0.161 e. The number of pyridine rings is 1. The average Bonchev–Trinajstić information content (AvgIpc) is 2.70. The number of nitrogens with zero attached hydrogens (tertiary/aromatic N) is 1. The van der Waals surface area contributed by atoms with Crippen molar-refractivity contribution in [1.29, 1.82) is 0 Å². The first kappa shape index (κ1) is 20.4. The molecule has 3 aromatic rings. The van der Waals surface area contributed by atoms with Gasteiger partial charge in [0.1, 0.15) is 11.8 Å². The fraction of sp³-hybridized carbons (Fsp3) is 0.150. The average molecular weight is 440 g/mol. The maximum atomic E-state index is 9.63. The Morgan fingerprint density at radius 2 is 1.68 bits per heavy atom. The molecule has 0 aliphatic carbocycles. The van der Waals surface area contributed by atoms with Crippen LogP contribution in [-0.2, 0) is 13.2 Å². The molecule has 0 amide bonds. The smallest absolute Gasteiger partial charge is 0.161 e. The molecule has 0 spiro atoms. The quantitative estimate of drug-likeness (QED) is 0.352. The Labute approximate surface area is 177 Å². The Morgan fingerprint density at radius 1 is 0.964 bits per heavy atom. The molecule has 0 atom stereocenters. The van der Waals surface area contributed by atoms with Crippen LogP contribution in [0.3, 0.4) is 0 Å². The van der Waals surface area contributed by atoms with Crippen molar-refractivity contribution in [2.45, 2.75) is 13.2 Å². The number of phenols is 1. The molecule has 0 fully saturated rings. The number of benzene rings is 2. The second-order valence-corrected chi connectivity index (χ2v) is 7.11. The topological polar surface area (TPSA) is 63.6 Å². The van der Waals surface area contributed by atoms with Gasteiger partial charge < -0.3 is 19.9 Å². The number of ether oxygens (including phenoxy) is 2. The molecule has 8 heteroatoms. The highest BCUT2D eigenvalue weighted by Gasteiger charge is 2.09. The van der Waals surface area contributed by atoms with Crippen molar-refractivity contribution >= 4 is 40.5 Å². The molecule has 2 aromatic carbocycles. The van der Waals surface area contributed by atoms with Crippen LogP contribution >= 0.6 is 34.8 Å². The first-order valence-electron chi connectivity index (χ1n) is 8.28. The van der Waals surface area contributed by atoms with E-state index >= 15 is 0 Å². The van der Waals surface area contributed by atoms with Crippen molar-refractivity contribution in [3.8, 4) is 17.2 Å². The third-order valence-electron chi connectivity index (χ3n) is 3.92. The summed E-state index contributed by atoms with van der Waals surface area (Å²) in [6, 6.07) is 12.4. The van der Waals surface area contributed by atoms with E-state index in [1.807, 2.05) is 24.3 Å². The van der Waals surface area contributed by atoms with Gasteiger partial charge in [0.05, 0.1) is 17.2 Å². The molecule has 0 saturated carbocycles. The van der Waals surface area contributed by atoms with E-state index in [-0.39, 0.29) is 15.8 Å². The van der Waals surface area contributed by atoms with E-state index in [2.05, 4.69) is 10.3 Å². The van der Waals surface area contributed by atoms with Crippen molar-refractivity contribution in [3.63, 3.8) is 0 Å². The summed E-state index contributed by atoms with van der Waals surface area (Å²) in [5, 5.41) is 13.7. The molecule has 0 bridgehead atoms. The van der Waals surface area contributed by atoms with Gasteiger partial charge in [-0.05, 0) is 35.9 Å². The number of hydrogen-bond acceptors (Lipinski definition) is 5. The van der Waals surface area contributed by atoms with Crippen LogP contribution in [0.1, 0.15) is 11.1 Å². The zero-order valence-electron chi connectivity index (χ0n) is 14.9. The summed E-state index contributed by atoms with van der Waals surface area (Å²) in [6.07, 6.45) is 1.67. The molecule has 5 nitrogen and oxygen atoms in total. The van der Waals surface area contributed by atoms with Crippen LogP contribution in [0.4, 0.5) is 5.69 Å². The van der Waals surface area contributed by atoms with Gasteiger partial charge in [-0.1, -0.05) is 46.9 Å². The van der Waals surface area contributed by atoms with E-state index in [0.717, 1.165) is 11.1 Å². The summed E-state index contributed by atoms with van der Waals surface area (Å²) >= 11 is 17.7.